The maximum Gasteiger partial charge on any atom is 0.273 e. The highest BCUT2D eigenvalue weighted by Gasteiger charge is 2.12. The maximum atomic E-state index is 12.0. The van der Waals surface area contributed by atoms with E-state index in [0.717, 1.165) is 12.1 Å². The van der Waals surface area contributed by atoms with Gasteiger partial charge in [0.2, 0.25) is 0 Å². The second kappa shape index (κ2) is 4.91. The number of aryl methyl sites for hydroxylation is 2. The predicted octanol–water partition coefficient (Wildman–Crippen LogP) is 1.82. The molecule has 1 heterocycles. The van der Waals surface area contributed by atoms with Gasteiger partial charge in [-0.15, -0.1) is 0 Å². The van der Waals surface area contributed by atoms with Gasteiger partial charge < -0.3 is 11.1 Å². The van der Waals surface area contributed by atoms with Crippen LogP contribution in [0.5, 0.6) is 0 Å². The minimum Gasteiger partial charge on any atom is -0.399 e. The van der Waals surface area contributed by atoms with Gasteiger partial charge in [-0.2, -0.15) is 5.10 Å². The zero-order chi connectivity index (χ0) is 13.1. The molecule has 2 aromatic rings. The van der Waals surface area contributed by atoms with Crippen molar-refractivity contribution in [2.24, 2.45) is 7.05 Å². The molecule has 94 valence electrons. The van der Waals surface area contributed by atoms with Gasteiger partial charge in [0.15, 0.2) is 0 Å². The van der Waals surface area contributed by atoms with Crippen LogP contribution in [0.25, 0.3) is 0 Å². The average Bonchev–Trinajstić information content (AvgIpc) is 2.73. The van der Waals surface area contributed by atoms with Crippen LogP contribution >= 0.6 is 0 Å². The summed E-state index contributed by atoms with van der Waals surface area (Å²) in [6.07, 6.45) is 0.809. The summed E-state index contributed by atoms with van der Waals surface area (Å²) in [5.41, 5.74) is 8.42. The Morgan fingerprint density at radius 2 is 2.06 bits per heavy atom. The van der Waals surface area contributed by atoms with Crippen molar-refractivity contribution in [2.75, 3.05) is 11.1 Å². The minimum atomic E-state index is -0.172. The molecule has 0 fully saturated rings. The fraction of sp³-hybridized carbons (Fsp3) is 0.231. The number of benzene rings is 1. The van der Waals surface area contributed by atoms with E-state index in [4.69, 9.17) is 5.73 Å². The third-order valence-electron chi connectivity index (χ3n) is 2.69. The molecular weight excluding hydrogens is 228 g/mol. The summed E-state index contributed by atoms with van der Waals surface area (Å²) >= 11 is 0. The number of rotatable bonds is 3. The SMILES string of the molecule is CCc1cc(C(=O)Nc2ccc(N)cc2)n(C)n1. The van der Waals surface area contributed by atoms with Gasteiger partial charge in [0.05, 0.1) is 5.69 Å². The van der Waals surface area contributed by atoms with Crippen molar-refractivity contribution in [3.63, 3.8) is 0 Å². The van der Waals surface area contributed by atoms with Gasteiger partial charge in [-0.05, 0) is 36.8 Å². The van der Waals surface area contributed by atoms with Crippen molar-refractivity contribution in [1.29, 1.82) is 0 Å². The van der Waals surface area contributed by atoms with Crippen molar-refractivity contribution in [2.45, 2.75) is 13.3 Å². The smallest absolute Gasteiger partial charge is 0.273 e. The van der Waals surface area contributed by atoms with Crippen LogP contribution in [0.15, 0.2) is 30.3 Å². The van der Waals surface area contributed by atoms with E-state index in [0.29, 0.717) is 17.1 Å². The lowest BCUT2D eigenvalue weighted by atomic mass is 10.2. The highest BCUT2D eigenvalue weighted by molar-refractivity contribution is 6.03. The first kappa shape index (κ1) is 12.2. The van der Waals surface area contributed by atoms with Crippen LogP contribution in [0.2, 0.25) is 0 Å². The van der Waals surface area contributed by atoms with E-state index in [1.54, 1.807) is 42.1 Å². The fourth-order valence-electron chi connectivity index (χ4n) is 1.67. The van der Waals surface area contributed by atoms with Crippen molar-refractivity contribution in [3.8, 4) is 0 Å². The zero-order valence-electron chi connectivity index (χ0n) is 10.5. The number of aromatic nitrogens is 2. The molecule has 0 radical (unpaired) electrons. The first-order valence-corrected chi connectivity index (χ1v) is 5.80. The van der Waals surface area contributed by atoms with Gasteiger partial charge in [-0.1, -0.05) is 6.92 Å². The quantitative estimate of drug-likeness (QED) is 0.809. The van der Waals surface area contributed by atoms with Crippen LogP contribution in [0, 0.1) is 0 Å². The van der Waals surface area contributed by atoms with Crippen LogP contribution in [0.4, 0.5) is 11.4 Å². The largest absolute Gasteiger partial charge is 0.399 e. The number of nitrogen functional groups attached to an aromatic ring is 1. The third kappa shape index (κ3) is 2.51. The standard InChI is InChI=1S/C13H16N4O/c1-3-10-8-12(17(2)16-10)13(18)15-11-6-4-9(14)5-7-11/h4-8H,3,14H2,1-2H3,(H,15,18). The number of nitrogens with two attached hydrogens (primary N) is 1. The van der Waals surface area contributed by atoms with Gasteiger partial charge in [0.1, 0.15) is 5.69 Å². The number of nitrogens with one attached hydrogen (secondary N) is 1. The average molecular weight is 244 g/mol. The normalized spacial score (nSPS) is 10.3. The fourth-order valence-corrected chi connectivity index (χ4v) is 1.67. The van der Waals surface area contributed by atoms with E-state index in [1.807, 2.05) is 6.92 Å². The first-order valence-electron chi connectivity index (χ1n) is 5.80. The molecule has 0 aliphatic rings. The summed E-state index contributed by atoms with van der Waals surface area (Å²) in [5, 5.41) is 7.05. The first-order chi connectivity index (χ1) is 8.60. The molecule has 0 saturated heterocycles. The highest BCUT2D eigenvalue weighted by atomic mass is 16.2. The summed E-state index contributed by atoms with van der Waals surface area (Å²) in [7, 11) is 1.76. The molecule has 5 heteroatoms. The Morgan fingerprint density at radius 3 is 2.61 bits per heavy atom. The molecule has 18 heavy (non-hydrogen) atoms. The Balaban J connectivity index is 2.16. The lowest BCUT2D eigenvalue weighted by Crippen LogP contribution is -2.15. The van der Waals surface area contributed by atoms with E-state index in [2.05, 4.69) is 10.4 Å². The number of hydrogen-bond donors (Lipinski definition) is 2. The molecule has 0 aliphatic heterocycles. The van der Waals surface area contributed by atoms with Crippen LogP contribution in [-0.4, -0.2) is 15.7 Å². The molecule has 5 nitrogen and oxygen atoms in total. The second-order valence-corrected chi connectivity index (χ2v) is 4.07. The van der Waals surface area contributed by atoms with Crippen LogP contribution in [0.3, 0.4) is 0 Å². The number of hydrogen-bond acceptors (Lipinski definition) is 3. The molecule has 0 bridgehead atoms. The molecule has 0 saturated carbocycles. The summed E-state index contributed by atoms with van der Waals surface area (Å²) in [6, 6.07) is 8.83. The van der Waals surface area contributed by atoms with Gasteiger partial charge in [-0.3, -0.25) is 9.48 Å². The molecular formula is C13H16N4O. The van der Waals surface area contributed by atoms with Crippen LogP contribution in [-0.2, 0) is 13.5 Å². The monoisotopic (exact) mass is 244 g/mol. The lowest BCUT2D eigenvalue weighted by molar-refractivity contribution is 0.101. The minimum absolute atomic E-state index is 0.172. The molecule has 0 aliphatic carbocycles. The predicted molar refractivity (Wildman–Crippen MR) is 71.4 cm³/mol. The van der Waals surface area contributed by atoms with Crippen molar-refractivity contribution in [1.82, 2.24) is 9.78 Å². The third-order valence-corrected chi connectivity index (χ3v) is 2.69. The summed E-state index contributed by atoms with van der Waals surface area (Å²) in [6.45, 7) is 2.00. The van der Waals surface area contributed by atoms with Gasteiger partial charge >= 0.3 is 0 Å². The number of amides is 1. The Bertz CT molecular complexity index is 557. The Labute approximate surface area is 106 Å². The van der Waals surface area contributed by atoms with Crippen molar-refractivity contribution < 1.29 is 4.79 Å². The molecule has 0 unspecified atom stereocenters. The Kier molecular flexibility index (Phi) is 3.32. The molecule has 3 N–H and O–H groups in total. The highest BCUT2D eigenvalue weighted by Crippen LogP contribution is 2.12. The number of carbonyl (C=O) groups is 1. The summed E-state index contributed by atoms with van der Waals surface area (Å²) in [5.74, 6) is -0.172. The second-order valence-electron chi connectivity index (χ2n) is 4.07. The number of nitrogens with zero attached hydrogens (tertiary/aromatic N) is 2. The molecule has 1 amide bonds. The topological polar surface area (TPSA) is 72.9 Å². The number of anilines is 2. The van der Waals surface area contributed by atoms with Crippen molar-refractivity contribution >= 4 is 17.3 Å². The van der Waals surface area contributed by atoms with E-state index in [-0.39, 0.29) is 5.91 Å². The van der Waals surface area contributed by atoms with Crippen molar-refractivity contribution in [3.05, 3.63) is 41.7 Å². The molecule has 2 rings (SSSR count). The number of carbonyl (C=O) groups excluding carboxylic acids is 1. The summed E-state index contributed by atoms with van der Waals surface area (Å²) < 4.78 is 1.59. The lowest BCUT2D eigenvalue weighted by Gasteiger charge is -2.05. The Hall–Kier alpha value is -2.30. The van der Waals surface area contributed by atoms with Gasteiger partial charge in [0.25, 0.3) is 5.91 Å². The van der Waals surface area contributed by atoms with E-state index in [1.165, 1.54) is 0 Å². The zero-order valence-corrected chi connectivity index (χ0v) is 10.5. The maximum absolute atomic E-state index is 12.0. The molecule has 1 aromatic heterocycles. The molecule has 1 aromatic carbocycles. The van der Waals surface area contributed by atoms with E-state index < -0.39 is 0 Å². The van der Waals surface area contributed by atoms with E-state index in [9.17, 15) is 4.79 Å². The molecule has 0 atom stereocenters. The van der Waals surface area contributed by atoms with Gasteiger partial charge in [0, 0.05) is 18.4 Å². The van der Waals surface area contributed by atoms with Crippen LogP contribution in [0.1, 0.15) is 23.1 Å². The van der Waals surface area contributed by atoms with Crippen LogP contribution < -0.4 is 11.1 Å². The van der Waals surface area contributed by atoms with E-state index >= 15 is 0 Å². The Morgan fingerprint density at radius 1 is 1.39 bits per heavy atom. The van der Waals surface area contributed by atoms with Gasteiger partial charge in [-0.25, -0.2) is 0 Å². The summed E-state index contributed by atoms with van der Waals surface area (Å²) in [4.78, 5) is 12.0. The molecule has 0 spiro atoms.